The minimum absolute atomic E-state index is 0.188. The molecule has 0 N–H and O–H groups in total. The van der Waals surface area contributed by atoms with Gasteiger partial charge in [0.1, 0.15) is 6.23 Å². The zero-order valence-corrected chi connectivity index (χ0v) is 8.94. The Hall–Kier alpha value is -0.830. The number of hydrogen-bond donors (Lipinski definition) is 0. The molecule has 2 atom stereocenters. The van der Waals surface area contributed by atoms with Gasteiger partial charge in [0.05, 0.1) is 6.20 Å². The molecular weight excluding hydrogens is 176 g/mol. The maximum Gasteiger partial charge on any atom is 0.150 e. The number of aromatic nitrogens is 2. The lowest BCUT2D eigenvalue weighted by molar-refractivity contribution is 0.0467. The third-order valence-corrected chi connectivity index (χ3v) is 3.00. The topological polar surface area (TPSA) is 27.1 Å². The van der Waals surface area contributed by atoms with Crippen LogP contribution in [0.4, 0.5) is 0 Å². The second kappa shape index (κ2) is 4.13. The summed E-state index contributed by atoms with van der Waals surface area (Å²) < 4.78 is 7.53. The molecule has 0 amide bonds. The van der Waals surface area contributed by atoms with Gasteiger partial charge < -0.3 is 4.74 Å². The summed E-state index contributed by atoms with van der Waals surface area (Å²) in [6, 6.07) is 0. The molecule has 2 heterocycles. The highest BCUT2D eigenvalue weighted by molar-refractivity contribution is 5.10. The molecule has 0 radical (unpaired) electrons. The van der Waals surface area contributed by atoms with E-state index in [0.29, 0.717) is 5.92 Å². The molecule has 78 valence electrons. The molecule has 1 saturated heterocycles. The van der Waals surface area contributed by atoms with Crippen LogP contribution in [0.1, 0.15) is 50.8 Å². The molecule has 0 spiro atoms. The molecule has 1 aromatic rings. The van der Waals surface area contributed by atoms with E-state index in [-0.39, 0.29) is 6.23 Å². The van der Waals surface area contributed by atoms with Crippen LogP contribution in [0.2, 0.25) is 0 Å². The first-order valence-electron chi connectivity index (χ1n) is 5.47. The molecule has 2 rings (SSSR count). The number of nitrogens with zero attached hydrogens (tertiary/aromatic N) is 2. The summed E-state index contributed by atoms with van der Waals surface area (Å²) in [4.78, 5) is 0. The Balaban J connectivity index is 2.08. The maximum atomic E-state index is 5.57. The highest BCUT2D eigenvalue weighted by Gasteiger charge is 2.18. The Labute approximate surface area is 85.1 Å². The number of ether oxygens (including phenoxy) is 1. The first-order chi connectivity index (χ1) is 6.81. The zero-order valence-electron chi connectivity index (χ0n) is 8.94. The van der Waals surface area contributed by atoms with Gasteiger partial charge in [-0.2, -0.15) is 5.10 Å². The SMILES string of the molecule is CCC(C)c1cnn(C2CCCO2)c1. The van der Waals surface area contributed by atoms with Crippen molar-refractivity contribution in [2.75, 3.05) is 6.61 Å². The van der Waals surface area contributed by atoms with Gasteiger partial charge in [-0.1, -0.05) is 13.8 Å². The average molecular weight is 194 g/mol. The quantitative estimate of drug-likeness (QED) is 0.739. The summed E-state index contributed by atoms with van der Waals surface area (Å²) in [5, 5.41) is 4.36. The fourth-order valence-corrected chi connectivity index (χ4v) is 1.77. The van der Waals surface area contributed by atoms with Crippen LogP contribution in [0.15, 0.2) is 12.4 Å². The van der Waals surface area contributed by atoms with Crippen molar-refractivity contribution in [3.8, 4) is 0 Å². The molecule has 3 heteroatoms. The first-order valence-corrected chi connectivity index (χ1v) is 5.47. The van der Waals surface area contributed by atoms with Crippen LogP contribution in [0, 0.1) is 0 Å². The van der Waals surface area contributed by atoms with Crippen molar-refractivity contribution in [3.63, 3.8) is 0 Å². The van der Waals surface area contributed by atoms with Crippen molar-refractivity contribution in [1.82, 2.24) is 9.78 Å². The van der Waals surface area contributed by atoms with Gasteiger partial charge in [0.15, 0.2) is 0 Å². The van der Waals surface area contributed by atoms with Crippen LogP contribution in [-0.2, 0) is 4.74 Å². The lowest BCUT2D eigenvalue weighted by Crippen LogP contribution is -2.07. The van der Waals surface area contributed by atoms with Crippen molar-refractivity contribution in [2.24, 2.45) is 0 Å². The van der Waals surface area contributed by atoms with E-state index < -0.39 is 0 Å². The molecule has 0 aromatic carbocycles. The molecule has 1 fully saturated rings. The first kappa shape index (κ1) is 9.71. The smallest absolute Gasteiger partial charge is 0.150 e. The van der Waals surface area contributed by atoms with Crippen LogP contribution >= 0.6 is 0 Å². The Morgan fingerprint density at radius 2 is 2.57 bits per heavy atom. The van der Waals surface area contributed by atoms with Gasteiger partial charge in [-0.05, 0) is 30.7 Å². The Bertz CT molecular complexity index is 289. The van der Waals surface area contributed by atoms with Crippen molar-refractivity contribution in [3.05, 3.63) is 18.0 Å². The van der Waals surface area contributed by atoms with Crippen LogP contribution in [0.3, 0.4) is 0 Å². The Morgan fingerprint density at radius 3 is 3.21 bits per heavy atom. The fraction of sp³-hybridized carbons (Fsp3) is 0.727. The van der Waals surface area contributed by atoms with Gasteiger partial charge in [0, 0.05) is 12.8 Å². The second-order valence-corrected chi connectivity index (χ2v) is 4.03. The minimum atomic E-state index is 0.188. The van der Waals surface area contributed by atoms with Gasteiger partial charge in [0.25, 0.3) is 0 Å². The molecule has 14 heavy (non-hydrogen) atoms. The molecule has 0 aliphatic carbocycles. The molecule has 1 aromatic heterocycles. The monoisotopic (exact) mass is 194 g/mol. The van der Waals surface area contributed by atoms with Crippen molar-refractivity contribution >= 4 is 0 Å². The Morgan fingerprint density at radius 1 is 1.71 bits per heavy atom. The van der Waals surface area contributed by atoms with E-state index in [1.807, 2.05) is 10.9 Å². The third-order valence-electron chi connectivity index (χ3n) is 3.00. The highest BCUT2D eigenvalue weighted by Crippen LogP contribution is 2.24. The molecule has 2 unspecified atom stereocenters. The lowest BCUT2D eigenvalue weighted by atomic mass is 10.0. The molecular formula is C11H18N2O. The van der Waals surface area contributed by atoms with Gasteiger partial charge in [-0.15, -0.1) is 0 Å². The van der Waals surface area contributed by atoms with E-state index in [0.717, 1.165) is 25.9 Å². The Kier molecular flexibility index (Phi) is 2.87. The van der Waals surface area contributed by atoms with Gasteiger partial charge in [0.2, 0.25) is 0 Å². The number of hydrogen-bond acceptors (Lipinski definition) is 2. The van der Waals surface area contributed by atoms with Crippen LogP contribution in [0.5, 0.6) is 0 Å². The van der Waals surface area contributed by atoms with Crippen molar-refractivity contribution < 1.29 is 4.74 Å². The van der Waals surface area contributed by atoms with E-state index in [4.69, 9.17) is 4.74 Å². The summed E-state index contributed by atoms with van der Waals surface area (Å²) in [5.74, 6) is 0.602. The third kappa shape index (κ3) is 1.82. The molecule has 1 aliphatic heterocycles. The molecule has 3 nitrogen and oxygen atoms in total. The average Bonchev–Trinajstić information content (AvgIpc) is 2.86. The lowest BCUT2D eigenvalue weighted by Gasteiger charge is -2.09. The van der Waals surface area contributed by atoms with Crippen LogP contribution < -0.4 is 0 Å². The fourth-order valence-electron chi connectivity index (χ4n) is 1.77. The minimum Gasteiger partial charge on any atom is -0.357 e. The van der Waals surface area contributed by atoms with Crippen LogP contribution in [0.25, 0.3) is 0 Å². The van der Waals surface area contributed by atoms with Gasteiger partial charge in [-0.25, -0.2) is 4.68 Å². The van der Waals surface area contributed by atoms with Gasteiger partial charge in [-0.3, -0.25) is 0 Å². The summed E-state index contributed by atoms with van der Waals surface area (Å²) in [6.07, 6.45) is 7.70. The normalized spacial score (nSPS) is 24.0. The number of rotatable bonds is 3. The van der Waals surface area contributed by atoms with Crippen molar-refractivity contribution in [1.29, 1.82) is 0 Å². The van der Waals surface area contributed by atoms with E-state index in [1.54, 1.807) is 0 Å². The largest absolute Gasteiger partial charge is 0.357 e. The van der Waals surface area contributed by atoms with Crippen molar-refractivity contribution in [2.45, 2.75) is 45.3 Å². The summed E-state index contributed by atoms with van der Waals surface area (Å²) >= 11 is 0. The predicted molar refractivity (Wildman–Crippen MR) is 55.2 cm³/mol. The van der Waals surface area contributed by atoms with Crippen LogP contribution in [-0.4, -0.2) is 16.4 Å². The van der Waals surface area contributed by atoms with E-state index in [9.17, 15) is 0 Å². The standard InChI is InChI=1S/C11H18N2O/c1-3-9(2)10-7-12-13(8-10)11-5-4-6-14-11/h7-9,11H,3-6H2,1-2H3. The van der Waals surface area contributed by atoms with Gasteiger partial charge >= 0.3 is 0 Å². The second-order valence-electron chi connectivity index (χ2n) is 4.03. The van der Waals surface area contributed by atoms with E-state index in [2.05, 4.69) is 25.1 Å². The highest BCUT2D eigenvalue weighted by atomic mass is 16.5. The summed E-state index contributed by atoms with van der Waals surface area (Å²) in [6.45, 7) is 5.31. The van der Waals surface area contributed by atoms with E-state index >= 15 is 0 Å². The zero-order chi connectivity index (χ0) is 9.97. The molecule has 0 saturated carbocycles. The molecule has 1 aliphatic rings. The van der Waals surface area contributed by atoms with E-state index in [1.165, 1.54) is 5.56 Å². The summed E-state index contributed by atoms with van der Waals surface area (Å²) in [7, 11) is 0. The predicted octanol–water partition coefficient (Wildman–Crippen LogP) is 2.71. The maximum absolute atomic E-state index is 5.57. The molecule has 0 bridgehead atoms. The summed E-state index contributed by atoms with van der Waals surface area (Å²) in [5.41, 5.74) is 1.32.